The summed E-state index contributed by atoms with van der Waals surface area (Å²) in [5.74, 6) is 1.11. The summed E-state index contributed by atoms with van der Waals surface area (Å²) >= 11 is 0. The number of hydrogen-bond donors (Lipinski definition) is 1. The van der Waals surface area contributed by atoms with Gasteiger partial charge in [0.1, 0.15) is 5.82 Å². The van der Waals surface area contributed by atoms with Crippen molar-refractivity contribution in [1.29, 1.82) is 0 Å². The van der Waals surface area contributed by atoms with Crippen LogP contribution in [0, 0.1) is 12.8 Å². The van der Waals surface area contributed by atoms with Gasteiger partial charge >= 0.3 is 5.69 Å². The van der Waals surface area contributed by atoms with Crippen LogP contribution in [0.4, 0.5) is 0 Å². The minimum absolute atomic E-state index is 0.227. The maximum Gasteiger partial charge on any atom is 0.332 e. The van der Waals surface area contributed by atoms with Crippen molar-refractivity contribution < 1.29 is 0 Å². The number of nitrogens with one attached hydrogen (secondary N) is 1. The van der Waals surface area contributed by atoms with Gasteiger partial charge in [-0.25, -0.2) is 9.78 Å². The van der Waals surface area contributed by atoms with Crippen molar-refractivity contribution in [2.24, 2.45) is 20.0 Å². The Balaban J connectivity index is 2.16. The second-order valence-electron chi connectivity index (χ2n) is 5.84. The van der Waals surface area contributed by atoms with Crippen LogP contribution in [0.3, 0.4) is 0 Å². The Morgan fingerprint density at radius 1 is 1.19 bits per heavy atom. The van der Waals surface area contributed by atoms with Crippen molar-refractivity contribution in [3.63, 3.8) is 0 Å². The van der Waals surface area contributed by atoms with E-state index in [0.717, 1.165) is 31.8 Å². The summed E-state index contributed by atoms with van der Waals surface area (Å²) in [7, 11) is 3.49. The van der Waals surface area contributed by atoms with Crippen molar-refractivity contribution in [2.75, 3.05) is 13.1 Å². The van der Waals surface area contributed by atoms with Crippen molar-refractivity contribution in [2.45, 2.75) is 26.3 Å². The first kappa shape index (κ1) is 14.1. The van der Waals surface area contributed by atoms with Gasteiger partial charge in [0.15, 0.2) is 11.2 Å². The van der Waals surface area contributed by atoms with Crippen molar-refractivity contribution in [3.8, 4) is 0 Å². The average molecular weight is 291 g/mol. The molecule has 3 rings (SSSR count). The number of aryl methyl sites for hydroxylation is 3. The third kappa shape index (κ3) is 2.21. The molecule has 1 aliphatic heterocycles. The molecule has 1 fully saturated rings. The number of fused-ring (bicyclic) bond motifs is 1. The fraction of sp³-hybridized carbons (Fsp3) is 0.643. The Kier molecular flexibility index (Phi) is 3.44. The molecule has 7 nitrogen and oxygen atoms in total. The fourth-order valence-electron chi connectivity index (χ4n) is 3.04. The lowest BCUT2D eigenvalue weighted by Gasteiger charge is -2.23. The van der Waals surface area contributed by atoms with Crippen LogP contribution in [0.1, 0.15) is 18.7 Å². The lowest BCUT2D eigenvalue weighted by atomic mass is 9.98. The molecule has 1 aliphatic rings. The molecular weight excluding hydrogens is 270 g/mol. The smallest absolute Gasteiger partial charge is 0.325 e. The zero-order valence-corrected chi connectivity index (χ0v) is 12.7. The van der Waals surface area contributed by atoms with E-state index in [4.69, 9.17) is 0 Å². The van der Waals surface area contributed by atoms with Crippen LogP contribution in [0.2, 0.25) is 0 Å². The Labute approximate surface area is 122 Å². The number of nitrogens with zero attached hydrogens (tertiary/aromatic N) is 4. The molecule has 0 saturated carbocycles. The van der Waals surface area contributed by atoms with Gasteiger partial charge in [0.25, 0.3) is 5.56 Å². The summed E-state index contributed by atoms with van der Waals surface area (Å²) in [6, 6.07) is 0. The van der Waals surface area contributed by atoms with Crippen LogP contribution in [-0.2, 0) is 20.6 Å². The van der Waals surface area contributed by atoms with Gasteiger partial charge in [-0.15, -0.1) is 0 Å². The van der Waals surface area contributed by atoms with Gasteiger partial charge in [0, 0.05) is 20.6 Å². The Bertz CT molecular complexity index is 792. The number of imidazole rings is 1. The third-order valence-corrected chi connectivity index (χ3v) is 4.48. The molecule has 0 spiro atoms. The van der Waals surface area contributed by atoms with Crippen LogP contribution in [-0.4, -0.2) is 31.8 Å². The Hall–Kier alpha value is -1.89. The minimum Gasteiger partial charge on any atom is -0.325 e. The highest BCUT2D eigenvalue weighted by molar-refractivity contribution is 5.70. The van der Waals surface area contributed by atoms with E-state index in [2.05, 4.69) is 10.3 Å². The van der Waals surface area contributed by atoms with Crippen LogP contribution in [0.25, 0.3) is 11.2 Å². The van der Waals surface area contributed by atoms with Crippen molar-refractivity contribution in [1.82, 2.24) is 24.0 Å². The van der Waals surface area contributed by atoms with E-state index in [-0.39, 0.29) is 11.2 Å². The van der Waals surface area contributed by atoms with Crippen LogP contribution in [0.15, 0.2) is 9.59 Å². The summed E-state index contributed by atoms with van der Waals surface area (Å²) in [5.41, 5.74) is 0.467. The van der Waals surface area contributed by atoms with Crippen molar-refractivity contribution >= 4 is 11.2 Å². The third-order valence-electron chi connectivity index (χ3n) is 4.48. The molecule has 3 heterocycles. The summed E-state index contributed by atoms with van der Waals surface area (Å²) in [6.45, 7) is 4.23. The van der Waals surface area contributed by atoms with Crippen LogP contribution in [0.5, 0.6) is 0 Å². The SMILES string of the molecule is Cc1nc2c(c(=O)n(CC3CCNCC3)c(=O)n2C)n1C. The molecule has 0 unspecified atom stereocenters. The van der Waals surface area contributed by atoms with Gasteiger partial charge in [0.05, 0.1) is 0 Å². The van der Waals surface area contributed by atoms with Gasteiger partial charge in [-0.1, -0.05) is 0 Å². The summed E-state index contributed by atoms with van der Waals surface area (Å²) < 4.78 is 4.61. The summed E-state index contributed by atoms with van der Waals surface area (Å²) in [5, 5.41) is 3.30. The first-order valence-electron chi connectivity index (χ1n) is 7.34. The normalized spacial score (nSPS) is 16.7. The van der Waals surface area contributed by atoms with Crippen LogP contribution < -0.4 is 16.6 Å². The lowest BCUT2D eigenvalue weighted by Crippen LogP contribution is -2.42. The predicted octanol–water partition coefficient (Wildman–Crippen LogP) is -0.258. The largest absolute Gasteiger partial charge is 0.332 e. The molecule has 21 heavy (non-hydrogen) atoms. The zero-order chi connectivity index (χ0) is 15.1. The quantitative estimate of drug-likeness (QED) is 0.827. The molecule has 1 N–H and O–H groups in total. The number of aromatic nitrogens is 4. The van der Waals surface area contributed by atoms with E-state index in [0.29, 0.717) is 23.6 Å². The van der Waals surface area contributed by atoms with Crippen LogP contribution >= 0.6 is 0 Å². The molecule has 0 aliphatic carbocycles. The maximum absolute atomic E-state index is 12.7. The lowest BCUT2D eigenvalue weighted by molar-refractivity contribution is 0.323. The van der Waals surface area contributed by atoms with E-state index in [1.807, 2.05) is 14.0 Å². The molecule has 0 bridgehead atoms. The standard InChI is InChI=1S/C14H21N5O2/c1-9-16-12-11(17(9)2)13(20)19(14(21)18(12)3)8-10-4-6-15-7-5-10/h10,15H,4-8H2,1-3H3. The van der Waals surface area contributed by atoms with Gasteiger partial charge in [-0.05, 0) is 38.8 Å². The Morgan fingerprint density at radius 2 is 1.86 bits per heavy atom. The highest BCUT2D eigenvalue weighted by Gasteiger charge is 2.20. The van der Waals surface area contributed by atoms with Gasteiger partial charge in [0.2, 0.25) is 0 Å². The minimum atomic E-state index is -0.274. The van der Waals surface area contributed by atoms with E-state index in [1.165, 1.54) is 9.13 Å². The zero-order valence-electron chi connectivity index (χ0n) is 12.7. The number of hydrogen-bond acceptors (Lipinski definition) is 4. The molecule has 0 radical (unpaired) electrons. The van der Waals surface area contributed by atoms with E-state index in [9.17, 15) is 9.59 Å². The number of rotatable bonds is 2. The highest BCUT2D eigenvalue weighted by atomic mass is 16.2. The van der Waals surface area contributed by atoms with E-state index < -0.39 is 0 Å². The first-order chi connectivity index (χ1) is 10.0. The summed E-state index contributed by atoms with van der Waals surface area (Å²) in [6.07, 6.45) is 2.00. The molecule has 0 amide bonds. The number of piperidine rings is 1. The van der Waals surface area contributed by atoms with Gasteiger partial charge < -0.3 is 9.88 Å². The summed E-state index contributed by atoms with van der Waals surface area (Å²) in [4.78, 5) is 29.5. The predicted molar refractivity (Wildman–Crippen MR) is 80.5 cm³/mol. The molecule has 0 atom stereocenters. The molecule has 0 aromatic carbocycles. The first-order valence-corrected chi connectivity index (χ1v) is 7.34. The van der Waals surface area contributed by atoms with Gasteiger partial charge in [-0.3, -0.25) is 13.9 Å². The molecular formula is C14H21N5O2. The molecule has 2 aromatic rings. The molecule has 1 saturated heterocycles. The van der Waals surface area contributed by atoms with Crippen molar-refractivity contribution in [3.05, 3.63) is 26.7 Å². The molecule has 7 heteroatoms. The van der Waals surface area contributed by atoms with E-state index in [1.54, 1.807) is 11.6 Å². The second kappa shape index (κ2) is 5.14. The van der Waals surface area contributed by atoms with E-state index >= 15 is 0 Å². The maximum atomic E-state index is 12.7. The Morgan fingerprint density at radius 3 is 2.52 bits per heavy atom. The molecule has 114 valence electrons. The average Bonchev–Trinajstić information content (AvgIpc) is 2.79. The monoisotopic (exact) mass is 291 g/mol. The highest BCUT2D eigenvalue weighted by Crippen LogP contribution is 2.13. The molecule has 2 aromatic heterocycles. The van der Waals surface area contributed by atoms with Gasteiger partial charge in [-0.2, -0.15) is 0 Å². The topological polar surface area (TPSA) is 73.8 Å². The second-order valence-corrected chi connectivity index (χ2v) is 5.84. The fourth-order valence-corrected chi connectivity index (χ4v) is 3.04.